The van der Waals surface area contributed by atoms with Gasteiger partial charge in [-0.25, -0.2) is 0 Å². The van der Waals surface area contributed by atoms with Crippen molar-refractivity contribution in [2.75, 3.05) is 6.54 Å². The van der Waals surface area contributed by atoms with E-state index < -0.39 is 0 Å². The highest BCUT2D eigenvalue weighted by atomic mass is 16.2. The van der Waals surface area contributed by atoms with E-state index in [1.165, 1.54) is 12.4 Å². The van der Waals surface area contributed by atoms with Crippen LogP contribution >= 0.6 is 0 Å². The standard InChI is InChI=1S/C16H25N3O2/c1-5-12(4)19-16(21)14-8-13(9-17-10-14)15(20)18-7-6-11(2)3/h8-12H,5-7H2,1-4H3,(H,18,20)(H,19,21). The molecule has 1 unspecified atom stereocenters. The molecule has 5 nitrogen and oxygen atoms in total. The summed E-state index contributed by atoms with van der Waals surface area (Å²) in [5.41, 5.74) is 0.822. The fourth-order valence-corrected chi connectivity index (χ4v) is 1.67. The zero-order valence-electron chi connectivity index (χ0n) is 13.3. The third kappa shape index (κ3) is 5.94. The summed E-state index contributed by atoms with van der Waals surface area (Å²) < 4.78 is 0. The molecule has 21 heavy (non-hydrogen) atoms. The lowest BCUT2D eigenvalue weighted by atomic mass is 10.1. The predicted octanol–water partition coefficient (Wildman–Crippen LogP) is 2.39. The van der Waals surface area contributed by atoms with E-state index in [-0.39, 0.29) is 17.9 Å². The molecule has 0 radical (unpaired) electrons. The molecule has 0 saturated carbocycles. The van der Waals surface area contributed by atoms with Crippen molar-refractivity contribution < 1.29 is 9.59 Å². The smallest absolute Gasteiger partial charge is 0.253 e. The lowest BCUT2D eigenvalue weighted by Gasteiger charge is -2.12. The van der Waals surface area contributed by atoms with Gasteiger partial charge in [0.1, 0.15) is 0 Å². The number of nitrogens with zero attached hydrogens (tertiary/aromatic N) is 1. The quantitative estimate of drug-likeness (QED) is 0.810. The van der Waals surface area contributed by atoms with Gasteiger partial charge in [-0.05, 0) is 31.7 Å². The van der Waals surface area contributed by atoms with Gasteiger partial charge in [0.15, 0.2) is 0 Å². The minimum atomic E-state index is -0.200. The number of hydrogen-bond acceptors (Lipinski definition) is 3. The van der Waals surface area contributed by atoms with E-state index in [0.29, 0.717) is 23.6 Å². The minimum Gasteiger partial charge on any atom is -0.352 e. The number of aromatic nitrogens is 1. The first-order valence-electron chi connectivity index (χ1n) is 7.48. The first-order valence-corrected chi connectivity index (χ1v) is 7.48. The van der Waals surface area contributed by atoms with E-state index in [1.807, 2.05) is 13.8 Å². The molecule has 2 N–H and O–H groups in total. The Morgan fingerprint density at radius 3 is 2.33 bits per heavy atom. The second-order valence-electron chi connectivity index (χ2n) is 5.68. The third-order valence-electron chi connectivity index (χ3n) is 3.26. The molecule has 0 bridgehead atoms. The van der Waals surface area contributed by atoms with Crippen molar-refractivity contribution in [3.63, 3.8) is 0 Å². The predicted molar refractivity (Wildman–Crippen MR) is 83.2 cm³/mol. The fourth-order valence-electron chi connectivity index (χ4n) is 1.67. The van der Waals surface area contributed by atoms with Crippen LogP contribution in [0.5, 0.6) is 0 Å². The molecule has 0 saturated heterocycles. The van der Waals surface area contributed by atoms with Crippen LogP contribution in [0.1, 0.15) is 61.3 Å². The molecule has 2 amide bonds. The Balaban J connectivity index is 2.67. The van der Waals surface area contributed by atoms with Crippen LogP contribution in [-0.4, -0.2) is 29.4 Å². The second-order valence-corrected chi connectivity index (χ2v) is 5.68. The maximum Gasteiger partial charge on any atom is 0.253 e. The average molecular weight is 291 g/mol. The molecule has 0 fully saturated rings. The van der Waals surface area contributed by atoms with Crippen molar-refractivity contribution in [2.24, 2.45) is 5.92 Å². The van der Waals surface area contributed by atoms with E-state index in [2.05, 4.69) is 29.5 Å². The monoisotopic (exact) mass is 291 g/mol. The van der Waals surface area contributed by atoms with Crippen LogP contribution in [0.4, 0.5) is 0 Å². The third-order valence-corrected chi connectivity index (χ3v) is 3.26. The van der Waals surface area contributed by atoms with Crippen molar-refractivity contribution >= 4 is 11.8 Å². The number of carbonyl (C=O) groups is 2. The molecule has 1 rings (SSSR count). The summed E-state index contributed by atoms with van der Waals surface area (Å²) in [5, 5.41) is 5.70. The van der Waals surface area contributed by atoms with Gasteiger partial charge < -0.3 is 10.6 Å². The Hall–Kier alpha value is -1.91. The normalized spacial score (nSPS) is 12.0. The van der Waals surface area contributed by atoms with Crippen LogP contribution < -0.4 is 10.6 Å². The highest BCUT2D eigenvalue weighted by Gasteiger charge is 2.12. The van der Waals surface area contributed by atoms with Crippen LogP contribution in [0.15, 0.2) is 18.5 Å². The number of nitrogens with one attached hydrogen (secondary N) is 2. The highest BCUT2D eigenvalue weighted by molar-refractivity contribution is 5.99. The van der Waals surface area contributed by atoms with Crippen molar-refractivity contribution in [1.29, 1.82) is 0 Å². The molecular weight excluding hydrogens is 266 g/mol. The summed E-state index contributed by atoms with van der Waals surface area (Å²) in [4.78, 5) is 28.0. The zero-order chi connectivity index (χ0) is 15.8. The molecule has 0 aliphatic rings. The Labute approximate surface area is 126 Å². The summed E-state index contributed by atoms with van der Waals surface area (Å²) in [6.45, 7) is 8.77. The Morgan fingerprint density at radius 1 is 1.14 bits per heavy atom. The van der Waals surface area contributed by atoms with Crippen molar-refractivity contribution in [3.8, 4) is 0 Å². The molecule has 0 aromatic carbocycles. The summed E-state index contributed by atoms with van der Waals surface area (Å²) in [6.07, 6.45) is 4.73. The summed E-state index contributed by atoms with van der Waals surface area (Å²) in [6, 6.07) is 1.68. The Kier molecular flexibility index (Phi) is 6.85. The lowest BCUT2D eigenvalue weighted by Crippen LogP contribution is -2.32. The molecule has 0 aliphatic heterocycles. The maximum atomic E-state index is 12.0. The maximum absolute atomic E-state index is 12.0. The van der Waals surface area contributed by atoms with Gasteiger partial charge in [-0.1, -0.05) is 20.8 Å². The molecule has 1 atom stereocenters. The van der Waals surface area contributed by atoms with Crippen LogP contribution in [0, 0.1) is 5.92 Å². The molecule has 1 heterocycles. The van der Waals surface area contributed by atoms with Gasteiger partial charge in [0.2, 0.25) is 0 Å². The number of amides is 2. The first kappa shape index (κ1) is 17.1. The molecule has 1 aromatic rings. The van der Waals surface area contributed by atoms with E-state index >= 15 is 0 Å². The minimum absolute atomic E-state index is 0.0982. The molecular formula is C16H25N3O2. The lowest BCUT2D eigenvalue weighted by molar-refractivity contribution is 0.0939. The number of hydrogen-bond donors (Lipinski definition) is 2. The van der Waals surface area contributed by atoms with Gasteiger partial charge in [-0.3, -0.25) is 14.6 Å². The van der Waals surface area contributed by atoms with Gasteiger partial charge in [0.25, 0.3) is 11.8 Å². The highest BCUT2D eigenvalue weighted by Crippen LogP contribution is 2.05. The van der Waals surface area contributed by atoms with Gasteiger partial charge in [0.05, 0.1) is 11.1 Å². The largest absolute Gasteiger partial charge is 0.352 e. The summed E-state index contributed by atoms with van der Waals surface area (Å²) in [7, 11) is 0. The van der Waals surface area contributed by atoms with E-state index in [4.69, 9.17) is 0 Å². The van der Waals surface area contributed by atoms with E-state index in [1.54, 1.807) is 6.07 Å². The number of rotatable bonds is 7. The second kappa shape index (κ2) is 8.39. The van der Waals surface area contributed by atoms with Crippen LogP contribution in [-0.2, 0) is 0 Å². The molecule has 0 spiro atoms. The van der Waals surface area contributed by atoms with Gasteiger partial charge in [-0.2, -0.15) is 0 Å². The van der Waals surface area contributed by atoms with Crippen LogP contribution in [0.2, 0.25) is 0 Å². The topological polar surface area (TPSA) is 71.1 Å². The van der Waals surface area contributed by atoms with Gasteiger partial charge in [0, 0.05) is 25.0 Å². The molecule has 1 aromatic heterocycles. The van der Waals surface area contributed by atoms with Gasteiger partial charge >= 0.3 is 0 Å². The van der Waals surface area contributed by atoms with Crippen molar-refractivity contribution in [1.82, 2.24) is 15.6 Å². The van der Waals surface area contributed by atoms with Crippen LogP contribution in [0.25, 0.3) is 0 Å². The van der Waals surface area contributed by atoms with Crippen molar-refractivity contribution in [3.05, 3.63) is 29.6 Å². The molecule has 0 aliphatic carbocycles. The zero-order valence-corrected chi connectivity index (χ0v) is 13.3. The van der Waals surface area contributed by atoms with Gasteiger partial charge in [-0.15, -0.1) is 0 Å². The molecule has 116 valence electrons. The molecule has 5 heteroatoms. The SMILES string of the molecule is CCC(C)NC(=O)c1cncc(C(=O)NCCC(C)C)c1. The average Bonchev–Trinajstić information content (AvgIpc) is 2.46. The Morgan fingerprint density at radius 2 is 1.76 bits per heavy atom. The first-order chi connectivity index (χ1) is 9.93. The fraction of sp³-hybridized carbons (Fsp3) is 0.562. The van der Waals surface area contributed by atoms with E-state index in [0.717, 1.165) is 12.8 Å². The summed E-state index contributed by atoms with van der Waals surface area (Å²) in [5.74, 6) is 0.145. The number of carbonyl (C=O) groups excluding carboxylic acids is 2. The van der Waals surface area contributed by atoms with Crippen LogP contribution in [0.3, 0.4) is 0 Å². The van der Waals surface area contributed by atoms with Crippen molar-refractivity contribution in [2.45, 2.75) is 46.6 Å². The van der Waals surface area contributed by atoms with E-state index in [9.17, 15) is 9.59 Å². The number of pyridine rings is 1. The Bertz CT molecular complexity index is 486. The summed E-state index contributed by atoms with van der Waals surface area (Å²) >= 11 is 0.